The first-order valence-electron chi connectivity index (χ1n) is 9.43. The van der Waals surface area contributed by atoms with Crippen LogP contribution in [-0.4, -0.2) is 18.0 Å². The summed E-state index contributed by atoms with van der Waals surface area (Å²) >= 11 is 0. The Balaban J connectivity index is 1.33. The summed E-state index contributed by atoms with van der Waals surface area (Å²) in [6.45, 7) is 0. The number of ether oxygens (including phenoxy) is 1. The fourth-order valence-corrected chi connectivity index (χ4v) is 8.74. The molecule has 7 aliphatic rings. The first-order chi connectivity index (χ1) is 10.2. The monoisotopic (exact) mass is 284 g/mol. The minimum atomic E-state index is 0.0788. The molecule has 0 aromatic heterocycles. The fourth-order valence-electron chi connectivity index (χ4n) is 8.74. The van der Waals surface area contributed by atoms with Crippen molar-refractivity contribution in [3.05, 3.63) is 0 Å². The number of fused-ring (bicyclic) bond motifs is 12. The molecule has 0 aromatic carbocycles. The number of carbonyl (C=O) groups is 1. The summed E-state index contributed by atoms with van der Waals surface area (Å²) in [5, 5.41) is 0. The zero-order valence-electron chi connectivity index (χ0n) is 12.6. The van der Waals surface area contributed by atoms with E-state index < -0.39 is 0 Å². The molecule has 1 heterocycles. The zero-order chi connectivity index (χ0) is 13.6. The van der Waals surface area contributed by atoms with E-state index in [-0.39, 0.29) is 10.8 Å². The highest BCUT2D eigenvalue weighted by atomic mass is 16.6. The van der Waals surface area contributed by atoms with Crippen LogP contribution in [0, 0.1) is 46.3 Å². The normalized spacial score (nSPS) is 71.5. The quantitative estimate of drug-likeness (QED) is 0.639. The molecule has 2 heteroatoms. The van der Waals surface area contributed by atoms with E-state index in [4.69, 9.17) is 4.74 Å². The van der Waals surface area contributed by atoms with Crippen molar-refractivity contribution in [3.8, 4) is 0 Å². The van der Waals surface area contributed by atoms with Crippen LogP contribution in [0.25, 0.3) is 0 Å². The van der Waals surface area contributed by atoms with Crippen molar-refractivity contribution >= 4 is 5.78 Å². The van der Waals surface area contributed by atoms with Crippen LogP contribution in [0.4, 0.5) is 0 Å². The molecule has 6 aliphatic carbocycles. The lowest BCUT2D eigenvalue weighted by molar-refractivity contribution is -0.152. The number of epoxide rings is 1. The lowest BCUT2D eigenvalue weighted by Gasteiger charge is -2.50. The van der Waals surface area contributed by atoms with E-state index in [0.717, 1.165) is 35.4 Å². The Hall–Kier alpha value is -0.370. The van der Waals surface area contributed by atoms with Crippen LogP contribution in [0.5, 0.6) is 0 Å². The summed E-state index contributed by atoms with van der Waals surface area (Å²) < 4.78 is 5.91. The molecule has 4 bridgehead atoms. The molecule has 2 spiro atoms. The highest BCUT2D eigenvalue weighted by Crippen LogP contribution is 2.77. The fraction of sp³-hybridized carbons (Fsp3) is 0.947. The van der Waals surface area contributed by atoms with E-state index >= 15 is 0 Å². The average Bonchev–Trinajstić information content (AvgIpc) is 3.34. The zero-order valence-corrected chi connectivity index (χ0v) is 12.6. The number of hydrogen-bond acceptors (Lipinski definition) is 2. The molecule has 0 radical (unpaired) electrons. The Morgan fingerprint density at radius 1 is 0.857 bits per heavy atom. The smallest absolute Gasteiger partial charge is 0.145 e. The summed E-state index contributed by atoms with van der Waals surface area (Å²) in [5.74, 6) is 5.86. The van der Waals surface area contributed by atoms with Crippen molar-refractivity contribution in [1.82, 2.24) is 0 Å². The lowest BCUT2D eigenvalue weighted by Crippen LogP contribution is -2.53. The predicted molar refractivity (Wildman–Crippen MR) is 76.4 cm³/mol. The molecule has 0 N–H and O–H groups in total. The molecular weight excluding hydrogens is 260 g/mol. The van der Waals surface area contributed by atoms with Crippen molar-refractivity contribution in [3.63, 3.8) is 0 Å². The van der Waals surface area contributed by atoms with Gasteiger partial charge in [-0.3, -0.25) is 4.79 Å². The Kier molecular flexibility index (Phi) is 1.60. The molecular formula is C19H24O2. The molecule has 6 saturated carbocycles. The van der Waals surface area contributed by atoms with Crippen LogP contribution in [-0.2, 0) is 9.53 Å². The summed E-state index contributed by atoms with van der Waals surface area (Å²) in [4.78, 5) is 13.8. The van der Waals surface area contributed by atoms with Crippen LogP contribution in [0.3, 0.4) is 0 Å². The van der Waals surface area contributed by atoms with Gasteiger partial charge in [0.05, 0.1) is 12.2 Å². The van der Waals surface area contributed by atoms with Gasteiger partial charge in [0.25, 0.3) is 0 Å². The maximum Gasteiger partial charge on any atom is 0.145 e. The Morgan fingerprint density at radius 2 is 1.62 bits per heavy atom. The van der Waals surface area contributed by atoms with Gasteiger partial charge in [-0.2, -0.15) is 0 Å². The molecule has 0 amide bonds. The van der Waals surface area contributed by atoms with Crippen molar-refractivity contribution in [2.24, 2.45) is 46.3 Å². The van der Waals surface area contributed by atoms with Crippen molar-refractivity contribution < 1.29 is 9.53 Å². The number of rotatable bonds is 0. The van der Waals surface area contributed by atoms with Crippen molar-refractivity contribution in [2.45, 2.75) is 63.6 Å². The van der Waals surface area contributed by atoms with Gasteiger partial charge in [0.15, 0.2) is 0 Å². The second kappa shape index (κ2) is 3.00. The highest BCUT2D eigenvalue weighted by molar-refractivity contribution is 5.93. The van der Waals surface area contributed by atoms with E-state index in [1.807, 2.05) is 0 Å². The van der Waals surface area contributed by atoms with Gasteiger partial charge >= 0.3 is 0 Å². The molecule has 10 atom stereocenters. The molecule has 2 nitrogen and oxygen atoms in total. The van der Waals surface area contributed by atoms with E-state index in [1.54, 1.807) is 0 Å². The van der Waals surface area contributed by atoms with Gasteiger partial charge in [-0.15, -0.1) is 0 Å². The number of carbonyl (C=O) groups excluding carboxylic acids is 1. The highest BCUT2D eigenvalue weighted by Gasteiger charge is 2.76. The topological polar surface area (TPSA) is 29.6 Å². The summed E-state index contributed by atoms with van der Waals surface area (Å²) in [6.07, 6.45) is 11.5. The largest absolute Gasteiger partial charge is 0.369 e. The van der Waals surface area contributed by atoms with Crippen LogP contribution in [0.2, 0.25) is 0 Å². The summed E-state index contributed by atoms with van der Waals surface area (Å²) in [5.41, 5.74) is 0.227. The average molecular weight is 284 g/mol. The van der Waals surface area contributed by atoms with Gasteiger partial charge in [0, 0.05) is 16.7 Å². The standard InChI is InChI=1S/C19H24O2/c20-17-18(7-9-4-13(18)12-6-11(9)12)2-1-3-19(17)8-10-5-14(19)16-15(10)21-16/h9-16H,1-8H2. The Bertz CT molecular complexity index is 536. The van der Waals surface area contributed by atoms with E-state index in [0.29, 0.717) is 18.1 Å². The number of hydrogen-bond donors (Lipinski definition) is 0. The third-order valence-corrected chi connectivity index (χ3v) is 9.37. The predicted octanol–water partition coefficient (Wildman–Crippen LogP) is 3.20. The minimum Gasteiger partial charge on any atom is -0.369 e. The van der Waals surface area contributed by atoms with Gasteiger partial charge in [0.2, 0.25) is 0 Å². The molecule has 1 aliphatic heterocycles. The SMILES string of the molecule is O=C1C2(CCCC13CC1CC3C3OC13)CC1CC2C2CC12. The van der Waals surface area contributed by atoms with E-state index in [9.17, 15) is 4.79 Å². The third-order valence-electron chi connectivity index (χ3n) is 9.37. The maximum atomic E-state index is 13.8. The van der Waals surface area contributed by atoms with Gasteiger partial charge in [-0.05, 0) is 74.5 Å². The van der Waals surface area contributed by atoms with Gasteiger partial charge in [-0.1, -0.05) is 6.42 Å². The van der Waals surface area contributed by atoms with Crippen molar-refractivity contribution in [1.29, 1.82) is 0 Å². The second-order valence-corrected chi connectivity index (χ2v) is 9.74. The van der Waals surface area contributed by atoms with E-state index in [2.05, 4.69) is 0 Å². The maximum absolute atomic E-state index is 13.8. The third kappa shape index (κ3) is 1.01. The van der Waals surface area contributed by atoms with Gasteiger partial charge < -0.3 is 4.74 Å². The molecule has 0 aromatic rings. The number of Topliss-reactive ketones (excluding diaryl/α,β-unsaturated/α-hetero) is 1. The first kappa shape index (κ1) is 11.2. The van der Waals surface area contributed by atoms with Crippen LogP contribution in [0.1, 0.15) is 51.4 Å². The minimum absolute atomic E-state index is 0.0788. The molecule has 112 valence electrons. The van der Waals surface area contributed by atoms with Crippen LogP contribution >= 0.6 is 0 Å². The first-order valence-corrected chi connectivity index (χ1v) is 9.43. The molecule has 1 saturated heterocycles. The Labute approximate surface area is 126 Å². The second-order valence-electron chi connectivity index (χ2n) is 9.74. The van der Waals surface area contributed by atoms with Crippen molar-refractivity contribution in [2.75, 3.05) is 0 Å². The molecule has 7 rings (SSSR count). The number of ketones is 1. The van der Waals surface area contributed by atoms with Crippen LogP contribution < -0.4 is 0 Å². The molecule has 7 fully saturated rings. The summed E-state index contributed by atoms with van der Waals surface area (Å²) in [6, 6.07) is 0. The Morgan fingerprint density at radius 3 is 2.33 bits per heavy atom. The van der Waals surface area contributed by atoms with Gasteiger partial charge in [-0.25, -0.2) is 0 Å². The lowest BCUT2D eigenvalue weighted by atomic mass is 9.51. The molecule has 10 unspecified atom stereocenters. The summed E-state index contributed by atoms with van der Waals surface area (Å²) in [7, 11) is 0. The van der Waals surface area contributed by atoms with Gasteiger partial charge in [0.1, 0.15) is 5.78 Å². The molecule has 21 heavy (non-hydrogen) atoms. The van der Waals surface area contributed by atoms with Crippen LogP contribution in [0.15, 0.2) is 0 Å². The van der Waals surface area contributed by atoms with E-state index in [1.165, 1.54) is 51.4 Å².